The summed E-state index contributed by atoms with van der Waals surface area (Å²) in [4.78, 5) is 12.7. The van der Waals surface area contributed by atoms with Crippen molar-refractivity contribution in [3.63, 3.8) is 0 Å². The number of carbonyl (C=O) groups excluding carboxylic acids is 1. The quantitative estimate of drug-likeness (QED) is 0.376. The van der Waals surface area contributed by atoms with Crippen molar-refractivity contribution >= 4 is 15.8 Å². The van der Waals surface area contributed by atoms with Gasteiger partial charge in [-0.3, -0.25) is 0 Å². The van der Waals surface area contributed by atoms with Crippen LogP contribution < -0.4 is 5.73 Å². The SMILES string of the molecule is COCCCOC(=O)C(N)c1cc(-c2ccc(S(C)(=O)=O)cc2)n(-c2ccc(F)cc2)c1C. The lowest BCUT2D eigenvalue weighted by atomic mass is 10.1. The number of halogens is 1. The van der Waals surface area contributed by atoms with Crippen LogP contribution in [0.5, 0.6) is 0 Å². The number of hydrogen-bond donors (Lipinski definition) is 1. The number of rotatable bonds is 9. The number of benzene rings is 2. The molecule has 7 nitrogen and oxygen atoms in total. The summed E-state index contributed by atoms with van der Waals surface area (Å²) in [5.74, 6) is -0.941. The number of nitrogens with zero attached hydrogens (tertiary/aromatic N) is 1. The molecule has 176 valence electrons. The topological polar surface area (TPSA) is 101 Å². The number of methoxy groups -OCH3 is 1. The molecule has 0 aliphatic rings. The van der Waals surface area contributed by atoms with Gasteiger partial charge in [0.1, 0.15) is 11.9 Å². The van der Waals surface area contributed by atoms with E-state index in [9.17, 15) is 17.6 Å². The Morgan fingerprint density at radius 2 is 1.73 bits per heavy atom. The first-order valence-corrected chi connectivity index (χ1v) is 12.2. The third-order valence-corrected chi connectivity index (χ3v) is 6.40. The maximum absolute atomic E-state index is 13.5. The molecule has 0 aliphatic carbocycles. The first-order valence-electron chi connectivity index (χ1n) is 10.3. The van der Waals surface area contributed by atoms with Crippen LogP contribution in [0.25, 0.3) is 16.9 Å². The standard InChI is InChI=1S/C24H27FN2O5S/c1-16-21(23(26)24(28)32-14-4-13-31-2)15-22(27(16)19-9-7-18(25)8-10-19)17-5-11-20(12-6-17)33(3,29)30/h5-12,15,23H,4,13-14,26H2,1-3H3. The van der Waals surface area contributed by atoms with Crippen molar-refractivity contribution < 1.29 is 27.1 Å². The van der Waals surface area contributed by atoms with Crippen LogP contribution in [-0.4, -0.2) is 45.5 Å². The number of sulfone groups is 1. The van der Waals surface area contributed by atoms with Gasteiger partial charge in [-0.1, -0.05) is 12.1 Å². The fourth-order valence-corrected chi connectivity index (χ4v) is 4.17. The predicted octanol–water partition coefficient (Wildman–Crippen LogP) is 3.57. The number of carbonyl (C=O) groups is 1. The lowest BCUT2D eigenvalue weighted by Crippen LogP contribution is -2.24. The van der Waals surface area contributed by atoms with Crippen LogP contribution in [0.1, 0.15) is 23.7 Å². The van der Waals surface area contributed by atoms with E-state index >= 15 is 0 Å². The van der Waals surface area contributed by atoms with E-state index in [1.165, 1.54) is 24.3 Å². The summed E-state index contributed by atoms with van der Waals surface area (Å²) in [6, 6.07) is 13.1. The van der Waals surface area contributed by atoms with E-state index in [1.54, 1.807) is 37.4 Å². The summed E-state index contributed by atoms with van der Waals surface area (Å²) in [6.45, 7) is 2.47. The average molecular weight is 475 g/mol. The first-order chi connectivity index (χ1) is 15.6. The minimum absolute atomic E-state index is 0.192. The molecule has 1 unspecified atom stereocenters. The molecular formula is C24H27FN2O5S. The van der Waals surface area contributed by atoms with Crippen LogP contribution in [0.15, 0.2) is 59.5 Å². The molecule has 0 radical (unpaired) electrons. The summed E-state index contributed by atoms with van der Waals surface area (Å²) in [6.07, 6.45) is 1.70. The number of ether oxygens (including phenoxy) is 2. The lowest BCUT2D eigenvalue weighted by molar-refractivity contribution is -0.145. The molecule has 0 saturated carbocycles. The molecule has 0 aliphatic heterocycles. The van der Waals surface area contributed by atoms with E-state index in [-0.39, 0.29) is 17.3 Å². The van der Waals surface area contributed by atoms with Crippen molar-refractivity contribution in [2.45, 2.75) is 24.3 Å². The molecule has 0 amide bonds. The largest absolute Gasteiger partial charge is 0.464 e. The molecule has 2 N–H and O–H groups in total. The molecule has 1 atom stereocenters. The van der Waals surface area contributed by atoms with Crippen molar-refractivity contribution in [2.24, 2.45) is 5.73 Å². The fraction of sp³-hybridized carbons (Fsp3) is 0.292. The maximum atomic E-state index is 13.5. The predicted molar refractivity (Wildman–Crippen MR) is 123 cm³/mol. The van der Waals surface area contributed by atoms with Gasteiger partial charge in [0.2, 0.25) is 0 Å². The molecular weight excluding hydrogens is 447 g/mol. The Labute approximate surface area is 192 Å². The van der Waals surface area contributed by atoms with Gasteiger partial charge in [-0.2, -0.15) is 0 Å². The van der Waals surface area contributed by atoms with E-state index in [2.05, 4.69) is 0 Å². The van der Waals surface area contributed by atoms with Crippen LogP contribution in [0, 0.1) is 12.7 Å². The van der Waals surface area contributed by atoms with Crippen LogP contribution in [-0.2, 0) is 24.1 Å². The Balaban J connectivity index is 2.04. The van der Waals surface area contributed by atoms with E-state index in [0.717, 1.165) is 6.26 Å². The second-order valence-electron chi connectivity index (χ2n) is 7.67. The van der Waals surface area contributed by atoms with Crippen LogP contribution in [0.2, 0.25) is 0 Å². The Morgan fingerprint density at radius 1 is 1.09 bits per heavy atom. The van der Waals surface area contributed by atoms with E-state index < -0.39 is 21.8 Å². The number of nitrogens with two attached hydrogens (primary N) is 1. The summed E-state index contributed by atoms with van der Waals surface area (Å²) in [7, 11) is -1.78. The Bertz CT molecular complexity index is 1220. The van der Waals surface area contributed by atoms with E-state index in [4.69, 9.17) is 15.2 Å². The first kappa shape index (κ1) is 24.6. The third kappa shape index (κ3) is 5.68. The van der Waals surface area contributed by atoms with Gasteiger partial charge in [-0.25, -0.2) is 17.6 Å². The normalized spacial score (nSPS) is 12.5. The highest BCUT2D eigenvalue weighted by Gasteiger charge is 2.25. The number of esters is 1. The van der Waals surface area contributed by atoms with Crippen molar-refractivity contribution in [3.05, 3.63) is 71.7 Å². The summed E-state index contributed by atoms with van der Waals surface area (Å²) < 4.78 is 49.3. The van der Waals surface area contributed by atoms with E-state index in [1.807, 2.05) is 11.5 Å². The van der Waals surface area contributed by atoms with Crippen molar-refractivity contribution in [1.82, 2.24) is 4.57 Å². The van der Waals surface area contributed by atoms with Gasteiger partial charge in [0, 0.05) is 43.3 Å². The van der Waals surface area contributed by atoms with Crippen molar-refractivity contribution in [2.75, 3.05) is 26.6 Å². The molecule has 0 bridgehead atoms. The molecule has 3 aromatic rings. The zero-order chi connectivity index (χ0) is 24.2. The van der Waals surface area contributed by atoms with Gasteiger partial charge < -0.3 is 19.8 Å². The molecule has 2 aromatic carbocycles. The van der Waals surface area contributed by atoms with Crippen molar-refractivity contribution in [3.8, 4) is 16.9 Å². The molecule has 0 spiro atoms. The number of aromatic nitrogens is 1. The Hall–Kier alpha value is -3.01. The summed E-state index contributed by atoms with van der Waals surface area (Å²) in [5.41, 5.74) is 9.54. The fourth-order valence-electron chi connectivity index (χ4n) is 3.54. The van der Waals surface area contributed by atoms with Gasteiger partial charge >= 0.3 is 5.97 Å². The van der Waals surface area contributed by atoms with Crippen molar-refractivity contribution in [1.29, 1.82) is 0 Å². The molecule has 3 rings (SSSR count). The highest BCUT2D eigenvalue weighted by Crippen LogP contribution is 2.33. The third-order valence-electron chi connectivity index (χ3n) is 5.28. The smallest absolute Gasteiger partial charge is 0.327 e. The zero-order valence-corrected chi connectivity index (χ0v) is 19.6. The summed E-state index contributed by atoms with van der Waals surface area (Å²) in [5, 5.41) is 0. The highest BCUT2D eigenvalue weighted by atomic mass is 32.2. The summed E-state index contributed by atoms with van der Waals surface area (Å²) >= 11 is 0. The Kier molecular flexibility index (Phi) is 7.68. The van der Waals surface area contributed by atoms with Gasteiger partial charge in [0.05, 0.1) is 17.2 Å². The second-order valence-corrected chi connectivity index (χ2v) is 9.69. The minimum Gasteiger partial charge on any atom is -0.464 e. The van der Waals surface area contributed by atoms with Crippen LogP contribution >= 0.6 is 0 Å². The average Bonchev–Trinajstić information content (AvgIpc) is 3.13. The van der Waals surface area contributed by atoms with E-state index in [0.29, 0.717) is 41.2 Å². The van der Waals surface area contributed by atoms with Gasteiger partial charge in [0.15, 0.2) is 9.84 Å². The monoisotopic (exact) mass is 474 g/mol. The lowest BCUT2D eigenvalue weighted by Gasteiger charge is -2.14. The Morgan fingerprint density at radius 3 is 2.30 bits per heavy atom. The van der Waals surface area contributed by atoms with Crippen LogP contribution in [0.4, 0.5) is 4.39 Å². The van der Waals surface area contributed by atoms with Gasteiger partial charge in [0.25, 0.3) is 0 Å². The highest BCUT2D eigenvalue weighted by molar-refractivity contribution is 7.90. The number of hydrogen-bond acceptors (Lipinski definition) is 6. The minimum atomic E-state index is -3.35. The molecule has 33 heavy (non-hydrogen) atoms. The molecule has 0 saturated heterocycles. The zero-order valence-electron chi connectivity index (χ0n) is 18.7. The van der Waals surface area contributed by atoms with Crippen LogP contribution in [0.3, 0.4) is 0 Å². The molecule has 0 fully saturated rings. The van der Waals surface area contributed by atoms with Gasteiger partial charge in [-0.15, -0.1) is 0 Å². The molecule has 9 heteroatoms. The van der Waals surface area contributed by atoms with Gasteiger partial charge in [-0.05, 0) is 55.0 Å². The second kappa shape index (κ2) is 10.3. The maximum Gasteiger partial charge on any atom is 0.327 e. The molecule has 1 aromatic heterocycles. The molecule has 1 heterocycles.